The first-order chi connectivity index (χ1) is 15.9. The van der Waals surface area contributed by atoms with Gasteiger partial charge in [0.1, 0.15) is 30.3 Å². The van der Waals surface area contributed by atoms with Gasteiger partial charge < -0.3 is 24.3 Å². The molecule has 34 heavy (non-hydrogen) atoms. The number of hydrogen-bond donors (Lipinski definition) is 3. The van der Waals surface area contributed by atoms with Gasteiger partial charge in [0.15, 0.2) is 6.10 Å². The summed E-state index contributed by atoms with van der Waals surface area (Å²) in [4.78, 5) is 20.4. The Bertz CT molecular complexity index is 1290. The molecule has 8 nitrogen and oxygen atoms in total. The molecule has 0 saturated carbocycles. The van der Waals surface area contributed by atoms with E-state index in [1.807, 2.05) is 0 Å². The molecule has 0 fully saturated rings. The molecule has 182 valence electrons. The third-order valence-electron chi connectivity index (χ3n) is 4.50. The maximum Gasteiger partial charge on any atom is 0.405 e. The first kappa shape index (κ1) is 25.0. The number of aryl methyl sites for hydroxylation is 1. The number of benzene rings is 2. The van der Waals surface area contributed by atoms with E-state index in [0.29, 0.717) is 22.4 Å². The number of carbonyl (C=O) groups excluding carboxylic acids is 1. The minimum absolute atomic E-state index is 0.107. The smallest absolute Gasteiger partial charge is 0.405 e. The summed E-state index contributed by atoms with van der Waals surface area (Å²) >= 11 is 0. The number of nitrogens with zero attached hydrogens (tertiary/aromatic N) is 2. The van der Waals surface area contributed by atoms with E-state index in [0.717, 1.165) is 17.7 Å². The summed E-state index contributed by atoms with van der Waals surface area (Å²) in [6.07, 6.45) is -4.64. The number of amides is 1. The van der Waals surface area contributed by atoms with Gasteiger partial charge in [-0.3, -0.25) is 4.79 Å². The number of anilines is 3. The van der Waals surface area contributed by atoms with Crippen LogP contribution >= 0.6 is 0 Å². The lowest BCUT2D eigenvalue weighted by Crippen LogP contribution is -2.41. The monoisotopic (exact) mass is 498 g/mol. The van der Waals surface area contributed by atoms with Crippen LogP contribution in [0.15, 0.2) is 36.7 Å². The van der Waals surface area contributed by atoms with E-state index >= 15 is 0 Å². The highest BCUT2D eigenvalue weighted by atomic mass is 32.2. The molecule has 1 amide bonds. The summed E-state index contributed by atoms with van der Waals surface area (Å²) < 4.78 is 70.5. The van der Waals surface area contributed by atoms with E-state index in [1.54, 1.807) is 24.4 Å². The van der Waals surface area contributed by atoms with E-state index in [-0.39, 0.29) is 11.4 Å². The van der Waals surface area contributed by atoms with Crippen LogP contribution in [0, 0.1) is 12.7 Å². The second kappa shape index (κ2) is 10.1. The Morgan fingerprint density at radius 2 is 1.97 bits per heavy atom. The first-order valence-corrected chi connectivity index (χ1v) is 11.1. The molecule has 0 aliphatic rings. The van der Waals surface area contributed by atoms with Gasteiger partial charge in [-0.05, 0) is 43.7 Å². The van der Waals surface area contributed by atoms with Crippen LogP contribution in [0.25, 0.3) is 10.9 Å². The summed E-state index contributed by atoms with van der Waals surface area (Å²) in [5, 5.41) is 5.32. The molecule has 1 aromatic heterocycles. The minimum atomic E-state index is -4.58. The van der Waals surface area contributed by atoms with Crippen LogP contribution in [0.3, 0.4) is 0 Å². The molecule has 0 spiro atoms. The lowest BCUT2D eigenvalue weighted by molar-refractivity contribution is -0.142. The van der Waals surface area contributed by atoms with Crippen molar-refractivity contribution in [1.29, 1.82) is 0 Å². The molecule has 2 aromatic carbocycles. The molecule has 0 aliphatic carbocycles. The van der Waals surface area contributed by atoms with Crippen LogP contribution in [0.4, 0.5) is 34.8 Å². The van der Waals surface area contributed by atoms with Crippen LogP contribution in [0.2, 0.25) is 0 Å². The zero-order valence-corrected chi connectivity index (χ0v) is 18.8. The van der Waals surface area contributed by atoms with Gasteiger partial charge in [0.2, 0.25) is 0 Å². The molecule has 3 N–H and O–H groups in total. The second-order valence-electron chi connectivity index (χ2n) is 7.22. The molecule has 0 bridgehead atoms. The van der Waals surface area contributed by atoms with E-state index in [1.165, 1.54) is 19.3 Å². The number of hydrogen-bond acceptors (Lipinski definition) is 7. The predicted octanol–water partition coefficient (Wildman–Crippen LogP) is 3.99. The van der Waals surface area contributed by atoms with Gasteiger partial charge >= 0.3 is 6.18 Å². The number of alkyl halides is 3. The maximum absolute atomic E-state index is 13.9. The number of fused-ring (bicyclic) bond motifs is 1. The maximum atomic E-state index is 13.9. The summed E-state index contributed by atoms with van der Waals surface area (Å²) in [6, 6.07) is 6.85. The Kier molecular flexibility index (Phi) is 7.44. The van der Waals surface area contributed by atoms with Crippen LogP contribution in [0.1, 0.15) is 12.5 Å². The van der Waals surface area contributed by atoms with Crippen molar-refractivity contribution >= 4 is 50.4 Å². The Morgan fingerprint density at radius 3 is 2.65 bits per heavy atom. The third-order valence-corrected chi connectivity index (χ3v) is 4.96. The van der Waals surface area contributed by atoms with Gasteiger partial charge in [-0.15, -0.1) is 0 Å². The fraction of sp³-hybridized carbons (Fsp3) is 0.238. The number of aromatic nitrogens is 2. The number of halogens is 4. The highest BCUT2D eigenvalue weighted by Crippen LogP contribution is 2.33. The molecule has 1 unspecified atom stereocenters. The van der Waals surface area contributed by atoms with E-state index in [2.05, 4.69) is 25.9 Å². The Hall–Kier alpha value is -3.61. The SMILES string of the molecule is C=[S-](=O)Nc1cc(C)c2c(Nc3ccc(F)cc3OC(C)C(=O)NCC(F)(F)F)ncnc2c1. The van der Waals surface area contributed by atoms with Gasteiger partial charge in [-0.2, -0.15) is 29.6 Å². The van der Waals surface area contributed by atoms with Crippen LogP contribution in [-0.2, 0) is 19.6 Å². The molecule has 13 heteroatoms. The normalized spacial score (nSPS) is 12.4. The number of nitrogens with one attached hydrogen (secondary N) is 3. The molecular formula is C21H20F4N5O3S-. The highest BCUT2D eigenvalue weighted by molar-refractivity contribution is 7.83. The van der Waals surface area contributed by atoms with Crippen molar-refractivity contribution in [2.24, 2.45) is 0 Å². The Labute approximate surface area is 193 Å². The summed E-state index contributed by atoms with van der Waals surface area (Å²) in [7, 11) is -1.53. The first-order valence-electron chi connectivity index (χ1n) is 9.74. The van der Waals surface area contributed by atoms with Gasteiger partial charge in [0.25, 0.3) is 5.91 Å². The van der Waals surface area contributed by atoms with Gasteiger partial charge in [-0.1, -0.05) is 0 Å². The van der Waals surface area contributed by atoms with Crippen LogP contribution in [-0.4, -0.2) is 40.6 Å². The second-order valence-corrected chi connectivity index (χ2v) is 8.11. The topological polar surface area (TPSA) is 105 Å². The van der Waals surface area contributed by atoms with E-state index < -0.39 is 41.1 Å². The van der Waals surface area contributed by atoms with Crippen molar-refractivity contribution in [3.8, 4) is 5.75 Å². The lowest BCUT2D eigenvalue weighted by Gasteiger charge is -2.19. The lowest BCUT2D eigenvalue weighted by atomic mass is 10.1. The molecule has 3 aromatic rings. The summed E-state index contributed by atoms with van der Waals surface area (Å²) in [5.74, 6) is 1.91. The largest absolute Gasteiger partial charge is 0.479 e. The average molecular weight is 498 g/mol. The number of ether oxygens (including phenoxy) is 1. The van der Waals surface area contributed by atoms with Crippen molar-refractivity contribution in [1.82, 2.24) is 15.3 Å². The van der Waals surface area contributed by atoms with Crippen molar-refractivity contribution in [2.75, 3.05) is 16.6 Å². The van der Waals surface area contributed by atoms with Crippen LogP contribution < -0.4 is 20.1 Å². The average Bonchev–Trinajstić information content (AvgIpc) is 2.72. The molecule has 0 saturated heterocycles. The zero-order valence-electron chi connectivity index (χ0n) is 18.0. The number of carbonyl (C=O) groups is 1. The van der Waals surface area contributed by atoms with Crippen molar-refractivity contribution in [2.45, 2.75) is 26.1 Å². The summed E-state index contributed by atoms with van der Waals surface area (Å²) in [6.45, 7) is 1.51. The fourth-order valence-corrected chi connectivity index (χ4v) is 3.46. The fourth-order valence-electron chi connectivity index (χ4n) is 3.08. The highest BCUT2D eigenvalue weighted by Gasteiger charge is 2.29. The Balaban J connectivity index is 1.90. The standard InChI is InChI=1S/C21H20F4N5O3S/c1-11-6-14(30-34(3)32)8-16-18(11)19(28-10-27-16)29-15-5-4-13(22)7-17(15)33-12(2)20(31)26-9-21(23,24)25/h4-8,10,12H,3,9H2,1-2H3,(H,26,31)(H,30,32)(H,27,28,29)/q-1. The van der Waals surface area contributed by atoms with E-state index in [4.69, 9.17) is 4.74 Å². The Morgan fingerprint density at radius 1 is 1.24 bits per heavy atom. The molecule has 3 rings (SSSR count). The van der Waals surface area contributed by atoms with Crippen molar-refractivity contribution in [3.05, 3.63) is 48.0 Å². The predicted molar refractivity (Wildman–Crippen MR) is 122 cm³/mol. The van der Waals surface area contributed by atoms with Crippen molar-refractivity contribution < 1.29 is 31.3 Å². The molecule has 1 atom stereocenters. The minimum Gasteiger partial charge on any atom is -0.479 e. The number of rotatable bonds is 8. The molecule has 0 radical (unpaired) electrons. The van der Waals surface area contributed by atoms with Gasteiger partial charge in [0, 0.05) is 17.1 Å². The van der Waals surface area contributed by atoms with Crippen LogP contribution in [0.5, 0.6) is 5.75 Å². The quantitative estimate of drug-likeness (QED) is 0.247. The zero-order chi connectivity index (χ0) is 25.0. The third kappa shape index (κ3) is 6.47. The molecule has 0 aliphatic heterocycles. The summed E-state index contributed by atoms with van der Waals surface area (Å²) in [5.41, 5.74) is 1.98. The van der Waals surface area contributed by atoms with E-state index in [9.17, 15) is 26.6 Å². The van der Waals surface area contributed by atoms with Gasteiger partial charge in [-0.25, -0.2) is 14.4 Å². The molecular weight excluding hydrogens is 478 g/mol. The van der Waals surface area contributed by atoms with Gasteiger partial charge in [0.05, 0.1) is 11.2 Å². The van der Waals surface area contributed by atoms with Crippen molar-refractivity contribution in [3.63, 3.8) is 0 Å². The molecule has 1 heterocycles.